The van der Waals surface area contributed by atoms with Crippen LogP contribution in [0.1, 0.15) is 46.0 Å². The van der Waals surface area contributed by atoms with Crippen LogP contribution in [-0.2, 0) is 4.74 Å². The van der Waals surface area contributed by atoms with E-state index in [0.717, 1.165) is 19.3 Å². The third-order valence-electron chi connectivity index (χ3n) is 3.04. The van der Waals surface area contributed by atoms with Gasteiger partial charge >= 0.3 is 0 Å². The molecule has 92 valence electrons. The Bertz CT molecular complexity index is 151. The second kappa shape index (κ2) is 8.05. The summed E-state index contributed by atoms with van der Waals surface area (Å²) in [5, 5.41) is 0. The summed E-state index contributed by atoms with van der Waals surface area (Å²) in [6.07, 6.45) is 3.94. The van der Waals surface area contributed by atoms with Crippen molar-refractivity contribution >= 4 is 0 Å². The van der Waals surface area contributed by atoms with Gasteiger partial charge in [0.2, 0.25) is 0 Å². The Labute approximate surface area is 93.4 Å². The molecule has 0 heterocycles. The highest BCUT2D eigenvalue weighted by Gasteiger charge is 2.31. The van der Waals surface area contributed by atoms with Gasteiger partial charge in [0.1, 0.15) is 5.67 Å². The van der Waals surface area contributed by atoms with Crippen molar-refractivity contribution in [1.82, 2.24) is 0 Å². The fourth-order valence-corrected chi connectivity index (χ4v) is 2.01. The Kier molecular flexibility index (Phi) is 7.97. The van der Waals surface area contributed by atoms with Crippen molar-refractivity contribution in [3.05, 3.63) is 0 Å². The summed E-state index contributed by atoms with van der Waals surface area (Å²) >= 11 is 0. The predicted octanol–water partition coefficient (Wildman–Crippen LogP) is 2.91. The molecule has 0 aliphatic rings. The van der Waals surface area contributed by atoms with E-state index >= 15 is 0 Å². The van der Waals surface area contributed by atoms with Crippen LogP contribution in [0.15, 0.2) is 0 Å². The molecule has 2 N–H and O–H groups in total. The number of methoxy groups -OCH3 is 1. The van der Waals surface area contributed by atoms with Gasteiger partial charge in [-0.05, 0) is 31.7 Å². The molecule has 0 radical (unpaired) electrons. The minimum atomic E-state index is -1.18. The van der Waals surface area contributed by atoms with Crippen molar-refractivity contribution < 1.29 is 9.13 Å². The van der Waals surface area contributed by atoms with Gasteiger partial charge in [0.15, 0.2) is 0 Å². The summed E-state index contributed by atoms with van der Waals surface area (Å²) in [6.45, 7) is 4.98. The lowest BCUT2D eigenvalue weighted by atomic mass is 9.86. The van der Waals surface area contributed by atoms with Gasteiger partial charge < -0.3 is 10.5 Å². The van der Waals surface area contributed by atoms with E-state index in [1.807, 2.05) is 0 Å². The van der Waals surface area contributed by atoms with Crippen LogP contribution in [0.5, 0.6) is 0 Å². The fraction of sp³-hybridized carbons (Fsp3) is 1.00. The summed E-state index contributed by atoms with van der Waals surface area (Å²) in [6, 6.07) is 0. The molecule has 3 heteroatoms. The average molecular weight is 219 g/mol. The second-order valence-electron chi connectivity index (χ2n) is 4.36. The maximum Gasteiger partial charge on any atom is 0.134 e. The maximum atomic E-state index is 14.4. The molecular weight excluding hydrogens is 193 g/mol. The van der Waals surface area contributed by atoms with Crippen LogP contribution >= 0.6 is 0 Å². The number of ether oxygens (including phenoxy) is 1. The van der Waals surface area contributed by atoms with Crippen molar-refractivity contribution in [3.8, 4) is 0 Å². The zero-order chi connectivity index (χ0) is 11.7. The molecule has 1 atom stereocenters. The first-order valence-electron chi connectivity index (χ1n) is 5.99. The molecule has 0 aliphatic heterocycles. The number of rotatable bonds is 9. The number of hydrogen-bond donors (Lipinski definition) is 1. The Morgan fingerprint density at radius 2 is 1.93 bits per heavy atom. The lowest BCUT2D eigenvalue weighted by molar-refractivity contribution is 0.0135. The molecule has 0 aromatic heterocycles. The number of hydrogen-bond acceptors (Lipinski definition) is 2. The molecule has 0 aromatic rings. The molecule has 0 saturated carbocycles. The van der Waals surface area contributed by atoms with Gasteiger partial charge in [0.05, 0.1) is 6.61 Å². The maximum absolute atomic E-state index is 14.4. The van der Waals surface area contributed by atoms with E-state index in [-0.39, 0.29) is 6.61 Å². The van der Waals surface area contributed by atoms with Crippen LogP contribution in [0.4, 0.5) is 4.39 Å². The van der Waals surface area contributed by atoms with Crippen LogP contribution in [0, 0.1) is 5.92 Å². The Morgan fingerprint density at radius 1 is 1.33 bits per heavy atom. The van der Waals surface area contributed by atoms with Gasteiger partial charge in [-0.3, -0.25) is 0 Å². The third-order valence-corrected chi connectivity index (χ3v) is 3.04. The molecule has 0 spiro atoms. The average Bonchev–Trinajstić information content (AvgIpc) is 2.24. The smallest absolute Gasteiger partial charge is 0.134 e. The summed E-state index contributed by atoms with van der Waals surface area (Å²) in [4.78, 5) is 0. The lowest BCUT2D eigenvalue weighted by Crippen LogP contribution is -2.32. The van der Waals surface area contributed by atoms with Crippen molar-refractivity contribution in [2.45, 2.75) is 51.6 Å². The minimum absolute atomic E-state index is 0.198. The van der Waals surface area contributed by atoms with Gasteiger partial charge in [0.25, 0.3) is 0 Å². The van der Waals surface area contributed by atoms with Gasteiger partial charge in [0, 0.05) is 7.11 Å². The van der Waals surface area contributed by atoms with Crippen LogP contribution < -0.4 is 5.73 Å². The van der Waals surface area contributed by atoms with Crippen molar-refractivity contribution in [2.75, 3.05) is 20.3 Å². The minimum Gasteiger partial charge on any atom is -0.381 e. The molecule has 0 aromatic carbocycles. The molecule has 0 rings (SSSR count). The quantitative estimate of drug-likeness (QED) is 0.647. The second-order valence-corrected chi connectivity index (χ2v) is 4.36. The van der Waals surface area contributed by atoms with Crippen molar-refractivity contribution in [2.24, 2.45) is 11.7 Å². The van der Waals surface area contributed by atoms with E-state index in [0.29, 0.717) is 25.3 Å². The molecular formula is C12H26FNO. The molecule has 0 bridgehead atoms. The summed E-state index contributed by atoms with van der Waals surface area (Å²) in [5.41, 5.74) is 4.24. The normalized spacial score (nSPS) is 15.6. The van der Waals surface area contributed by atoms with Gasteiger partial charge in [-0.15, -0.1) is 0 Å². The number of alkyl halides is 1. The monoisotopic (exact) mass is 219 g/mol. The Balaban J connectivity index is 4.20. The summed E-state index contributed by atoms with van der Waals surface area (Å²) in [5.74, 6) is 0.461. The molecule has 0 saturated heterocycles. The van der Waals surface area contributed by atoms with E-state index in [9.17, 15) is 4.39 Å². The molecule has 15 heavy (non-hydrogen) atoms. The number of nitrogens with two attached hydrogens (primary N) is 1. The van der Waals surface area contributed by atoms with Crippen molar-refractivity contribution in [1.29, 1.82) is 0 Å². The van der Waals surface area contributed by atoms with Gasteiger partial charge in [-0.2, -0.15) is 0 Å². The molecule has 2 nitrogen and oxygen atoms in total. The van der Waals surface area contributed by atoms with Gasteiger partial charge in [-0.25, -0.2) is 4.39 Å². The van der Waals surface area contributed by atoms with E-state index < -0.39 is 5.67 Å². The lowest BCUT2D eigenvalue weighted by Gasteiger charge is -2.28. The van der Waals surface area contributed by atoms with Gasteiger partial charge in [-0.1, -0.05) is 26.7 Å². The predicted molar refractivity (Wildman–Crippen MR) is 62.7 cm³/mol. The number of halogens is 1. The van der Waals surface area contributed by atoms with E-state index in [2.05, 4.69) is 13.8 Å². The van der Waals surface area contributed by atoms with Crippen LogP contribution in [0.2, 0.25) is 0 Å². The molecule has 1 unspecified atom stereocenters. The molecule has 0 fully saturated rings. The largest absolute Gasteiger partial charge is 0.381 e. The highest BCUT2D eigenvalue weighted by Crippen LogP contribution is 2.30. The Hall–Kier alpha value is -0.150. The van der Waals surface area contributed by atoms with E-state index in [4.69, 9.17) is 10.5 Å². The summed E-state index contributed by atoms with van der Waals surface area (Å²) in [7, 11) is 1.56. The topological polar surface area (TPSA) is 35.2 Å². The third kappa shape index (κ3) is 6.10. The zero-order valence-corrected chi connectivity index (χ0v) is 10.4. The first kappa shape index (κ1) is 14.8. The highest BCUT2D eigenvalue weighted by molar-refractivity contribution is 4.81. The standard InChI is InChI=1S/C12H26FNO/c1-4-11(5-2)9-12(13,10-15-3)7-6-8-14/h11H,4-10,14H2,1-3H3. The first-order chi connectivity index (χ1) is 7.11. The van der Waals surface area contributed by atoms with Crippen LogP contribution in [0.25, 0.3) is 0 Å². The molecule has 0 aliphatic carbocycles. The SMILES string of the molecule is CCC(CC)CC(F)(CCCN)COC. The fourth-order valence-electron chi connectivity index (χ4n) is 2.01. The van der Waals surface area contributed by atoms with Crippen LogP contribution in [0.3, 0.4) is 0 Å². The Morgan fingerprint density at radius 3 is 2.33 bits per heavy atom. The van der Waals surface area contributed by atoms with E-state index in [1.165, 1.54) is 0 Å². The zero-order valence-electron chi connectivity index (χ0n) is 10.4. The molecule has 0 amide bonds. The first-order valence-corrected chi connectivity index (χ1v) is 5.99. The van der Waals surface area contributed by atoms with Crippen LogP contribution in [-0.4, -0.2) is 25.9 Å². The van der Waals surface area contributed by atoms with Crippen molar-refractivity contribution in [3.63, 3.8) is 0 Å². The highest BCUT2D eigenvalue weighted by atomic mass is 19.1. The van der Waals surface area contributed by atoms with E-state index in [1.54, 1.807) is 7.11 Å². The summed E-state index contributed by atoms with van der Waals surface area (Å²) < 4.78 is 19.4.